The second-order valence-corrected chi connectivity index (χ2v) is 3.49. The Hall–Kier alpha value is -0.480. The molecule has 0 bridgehead atoms. The standard InChI is InChI=1S/C10H21NO3/c1-5-7-13-10(4,9(3)11-12)14-8-6-2/h9H,5-8H2,1-4H3. The molecule has 0 saturated carbocycles. The van der Waals surface area contributed by atoms with Gasteiger partial charge in [0.1, 0.15) is 6.04 Å². The van der Waals surface area contributed by atoms with Crippen LogP contribution in [0.15, 0.2) is 5.18 Å². The lowest BCUT2D eigenvalue weighted by Gasteiger charge is -2.31. The van der Waals surface area contributed by atoms with Crippen molar-refractivity contribution in [1.82, 2.24) is 0 Å². The van der Waals surface area contributed by atoms with Crippen molar-refractivity contribution in [3.63, 3.8) is 0 Å². The number of nitrogens with zero attached hydrogens (tertiary/aromatic N) is 1. The van der Waals surface area contributed by atoms with Crippen LogP contribution in [-0.4, -0.2) is 25.0 Å². The topological polar surface area (TPSA) is 47.9 Å². The van der Waals surface area contributed by atoms with Gasteiger partial charge in [-0.2, -0.15) is 4.91 Å². The molecule has 0 heterocycles. The predicted molar refractivity (Wildman–Crippen MR) is 56.1 cm³/mol. The van der Waals surface area contributed by atoms with Crippen LogP contribution < -0.4 is 0 Å². The summed E-state index contributed by atoms with van der Waals surface area (Å²) in [6, 6.07) is -0.486. The summed E-state index contributed by atoms with van der Waals surface area (Å²) in [5.41, 5.74) is 0. The third-order valence-electron chi connectivity index (χ3n) is 2.10. The fourth-order valence-corrected chi connectivity index (χ4v) is 0.988. The third-order valence-corrected chi connectivity index (χ3v) is 2.10. The van der Waals surface area contributed by atoms with E-state index in [-0.39, 0.29) is 0 Å². The number of rotatable bonds is 8. The number of nitroso groups, excluding NO2 is 1. The van der Waals surface area contributed by atoms with Gasteiger partial charge in [0.05, 0.1) is 0 Å². The number of hydrogen-bond acceptors (Lipinski definition) is 4. The van der Waals surface area contributed by atoms with Gasteiger partial charge < -0.3 is 9.47 Å². The Bertz CT molecular complexity index is 153. The van der Waals surface area contributed by atoms with E-state index in [2.05, 4.69) is 5.18 Å². The van der Waals surface area contributed by atoms with Crippen LogP contribution in [0.25, 0.3) is 0 Å². The highest BCUT2D eigenvalue weighted by Gasteiger charge is 2.34. The van der Waals surface area contributed by atoms with E-state index in [1.165, 1.54) is 0 Å². The van der Waals surface area contributed by atoms with Crippen LogP contribution in [0, 0.1) is 4.91 Å². The molecule has 4 heteroatoms. The summed E-state index contributed by atoms with van der Waals surface area (Å²) < 4.78 is 11.0. The Morgan fingerprint density at radius 3 is 1.93 bits per heavy atom. The molecule has 0 N–H and O–H groups in total. The molecule has 1 atom stereocenters. The molecule has 0 saturated heterocycles. The van der Waals surface area contributed by atoms with E-state index in [9.17, 15) is 4.91 Å². The van der Waals surface area contributed by atoms with Crippen molar-refractivity contribution in [1.29, 1.82) is 0 Å². The van der Waals surface area contributed by atoms with Gasteiger partial charge in [0.15, 0.2) is 5.79 Å². The molecule has 14 heavy (non-hydrogen) atoms. The van der Waals surface area contributed by atoms with Gasteiger partial charge >= 0.3 is 0 Å². The monoisotopic (exact) mass is 203 g/mol. The van der Waals surface area contributed by atoms with Gasteiger partial charge in [-0.25, -0.2) is 0 Å². The van der Waals surface area contributed by atoms with Gasteiger partial charge in [0.2, 0.25) is 0 Å². The molecule has 0 aromatic rings. The van der Waals surface area contributed by atoms with Crippen LogP contribution in [0.4, 0.5) is 0 Å². The van der Waals surface area contributed by atoms with Gasteiger partial charge in [-0.1, -0.05) is 19.0 Å². The molecule has 0 spiro atoms. The molecule has 4 nitrogen and oxygen atoms in total. The Morgan fingerprint density at radius 2 is 1.64 bits per heavy atom. The van der Waals surface area contributed by atoms with Crippen molar-refractivity contribution in [2.45, 2.75) is 52.4 Å². The average molecular weight is 203 g/mol. The normalized spacial score (nSPS) is 14.0. The Balaban J connectivity index is 4.23. The fourth-order valence-electron chi connectivity index (χ4n) is 0.988. The first-order valence-electron chi connectivity index (χ1n) is 5.21. The first-order valence-corrected chi connectivity index (χ1v) is 5.21. The molecule has 0 aliphatic rings. The zero-order valence-corrected chi connectivity index (χ0v) is 9.58. The smallest absolute Gasteiger partial charge is 0.191 e. The van der Waals surface area contributed by atoms with E-state index >= 15 is 0 Å². The molecule has 0 amide bonds. The number of hydrogen-bond donors (Lipinski definition) is 0. The summed E-state index contributed by atoms with van der Waals surface area (Å²) >= 11 is 0. The quantitative estimate of drug-likeness (QED) is 0.450. The van der Waals surface area contributed by atoms with Crippen LogP contribution in [0.3, 0.4) is 0 Å². The minimum atomic E-state index is -0.867. The second kappa shape index (κ2) is 6.90. The van der Waals surface area contributed by atoms with Gasteiger partial charge in [-0.3, -0.25) is 0 Å². The lowest BCUT2D eigenvalue weighted by molar-refractivity contribution is -0.234. The number of ether oxygens (including phenoxy) is 2. The average Bonchev–Trinajstić information content (AvgIpc) is 2.22. The van der Waals surface area contributed by atoms with Gasteiger partial charge in [-0.05, 0) is 26.7 Å². The van der Waals surface area contributed by atoms with Crippen LogP contribution >= 0.6 is 0 Å². The van der Waals surface area contributed by atoms with Crippen molar-refractivity contribution in [2.24, 2.45) is 5.18 Å². The van der Waals surface area contributed by atoms with Crippen molar-refractivity contribution in [3.05, 3.63) is 4.91 Å². The molecule has 0 fully saturated rings. The molecular weight excluding hydrogens is 182 g/mol. The van der Waals surface area contributed by atoms with Crippen LogP contribution in [0.5, 0.6) is 0 Å². The highest BCUT2D eigenvalue weighted by atomic mass is 16.7. The summed E-state index contributed by atoms with van der Waals surface area (Å²) in [7, 11) is 0. The van der Waals surface area contributed by atoms with E-state index < -0.39 is 11.8 Å². The molecule has 0 aromatic heterocycles. The van der Waals surface area contributed by atoms with Crippen molar-refractivity contribution in [3.8, 4) is 0 Å². The molecule has 84 valence electrons. The summed E-state index contributed by atoms with van der Waals surface area (Å²) in [4.78, 5) is 10.5. The van der Waals surface area contributed by atoms with Crippen molar-refractivity contribution >= 4 is 0 Å². The predicted octanol–water partition coefficient (Wildman–Crippen LogP) is 2.71. The maximum Gasteiger partial charge on any atom is 0.191 e. The Morgan fingerprint density at radius 1 is 1.21 bits per heavy atom. The zero-order valence-electron chi connectivity index (χ0n) is 9.58. The Kier molecular flexibility index (Phi) is 6.66. The maximum atomic E-state index is 10.5. The largest absolute Gasteiger partial charge is 0.348 e. The summed E-state index contributed by atoms with van der Waals surface area (Å²) in [6.45, 7) is 8.67. The van der Waals surface area contributed by atoms with E-state index in [0.717, 1.165) is 12.8 Å². The first kappa shape index (κ1) is 13.5. The van der Waals surface area contributed by atoms with Crippen LogP contribution in [0.1, 0.15) is 40.5 Å². The lowest BCUT2D eigenvalue weighted by Crippen LogP contribution is -2.42. The van der Waals surface area contributed by atoms with E-state index in [0.29, 0.717) is 13.2 Å². The van der Waals surface area contributed by atoms with Crippen molar-refractivity contribution < 1.29 is 9.47 Å². The maximum absolute atomic E-state index is 10.5. The lowest BCUT2D eigenvalue weighted by atomic mass is 10.1. The van der Waals surface area contributed by atoms with E-state index in [4.69, 9.17) is 9.47 Å². The summed E-state index contributed by atoms with van der Waals surface area (Å²) in [5.74, 6) is -0.867. The second-order valence-electron chi connectivity index (χ2n) is 3.49. The van der Waals surface area contributed by atoms with Crippen LogP contribution in [-0.2, 0) is 9.47 Å². The molecule has 0 aromatic carbocycles. The molecular formula is C10H21NO3. The summed E-state index contributed by atoms with van der Waals surface area (Å²) in [6.07, 6.45) is 1.80. The zero-order chi connectivity index (χ0) is 11.0. The molecule has 0 radical (unpaired) electrons. The van der Waals surface area contributed by atoms with Gasteiger partial charge in [0, 0.05) is 13.2 Å². The fraction of sp³-hybridized carbons (Fsp3) is 1.00. The van der Waals surface area contributed by atoms with Gasteiger partial charge in [0.25, 0.3) is 0 Å². The van der Waals surface area contributed by atoms with Gasteiger partial charge in [-0.15, -0.1) is 0 Å². The minimum absolute atomic E-state index is 0.486. The van der Waals surface area contributed by atoms with E-state index in [1.54, 1.807) is 13.8 Å². The minimum Gasteiger partial charge on any atom is -0.348 e. The highest BCUT2D eigenvalue weighted by molar-refractivity contribution is 4.77. The first-order chi connectivity index (χ1) is 6.60. The highest BCUT2D eigenvalue weighted by Crippen LogP contribution is 2.20. The van der Waals surface area contributed by atoms with Crippen molar-refractivity contribution in [2.75, 3.05) is 13.2 Å². The SMILES string of the molecule is CCCOC(C)(OCCC)C(C)N=O. The summed E-state index contributed by atoms with van der Waals surface area (Å²) in [5, 5.41) is 2.97. The molecule has 0 rings (SSSR count). The Labute approximate surface area is 85.9 Å². The van der Waals surface area contributed by atoms with Crippen LogP contribution in [0.2, 0.25) is 0 Å². The molecule has 0 aliphatic heterocycles. The third kappa shape index (κ3) is 4.15. The van der Waals surface area contributed by atoms with E-state index in [1.807, 2.05) is 13.8 Å². The molecule has 1 unspecified atom stereocenters. The molecule has 0 aliphatic carbocycles.